The van der Waals surface area contributed by atoms with Crippen LogP contribution in [0.25, 0.3) is 11.1 Å². The molecule has 1 fully saturated rings. The Balaban J connectivity index is 1.79. The van der Waals surface area contributed by atoms with Crippen molar-refractivity contribution in [1.82, 2.24) is 15.5 Å². The Morgan fingerprint density at radius 3 is 2.26 bits per heavy atom. The average Bonchev–Trinajstić information content (AvgIpc) is 2.93. The molecule has 1 aliphatic carbocycles. The van der Waals surface area contributed by atoms with Crippen molar-refractivity contribution in [3.63, 3.8) is 0 Å². The summed E-state index contributed by atoms with van der Waals surface area (Å²) in [6.07, 6.45) is -10.6. The number of aromatic nitrogens is 2. The third-order valence-corrected chi connectivity index (χ3v) is 4.74. The first-order chi connectivity index (χ1) is 12.4. The number of amides is 1. The number of carbonyl (C=O) groups excluding carboxylic acids is 1. The van der Waals surface area contributed by atoms with E-state index < -0.39 is 55.4 Å². The highest BCUT2D eigenvalue weighted by Crippen LogP contribution is 2.45. The second-order valence-corrected chi connectivity index (χ2v) is 6.70. The highest BCUT2D eigenvalue weighted by molar-refractivity contribution is 5.97. The van der Waals surface area contributed by atoms with E-state index >= 15 is 0 Å². The molecule has 2 aromatic heterocycles. The minimum Gasteiger partial charge on any atom is -0.349 e. The summed E-state index contributed by atoms with van der Waals surface area (Å²) >= 11 is 0. The number of fused-ring (bicyclic) bond motifs is 1. The average molecular weight is 395 g/mol. The molecule has 1 saturated carbocycles. The van der Waals surface area contributed by atoms with E-state index in [0.29, 0.717) is 11.1 Å². The van der Waals surface area contributed by atoms with E-state index in [1.807, 2.05) is 0 Å². The zero-order valence-electron chi connectivity index (χ0n) is 14.0. The van der Waals surface area contributed by atoms with Gasteiger partial charge in [0, 0.05) is 12.2 Å². The van der Waals surface area contributed by atoms with Gasteiger partial charge in [-0.05, 0) is 32.3 Å². The van der Waals surface area contributed by atoms with Crippen LogP contribution in [0.1, 0.15) is 35.3 Å². The highest BCUT2D eigenvalue weighted by Gasteiger charge is 2.52. The Morgan fingerprint density at radius 2 is 1.70 bits per heavy atom. The van der Waals surface area contributed by atoms with Crippen LogP contribution in [0.15, 0.2) is 16.8 Å². The van der Waals surface area contributed by atoms with Gasteiger partial charge in [-0.15, -0.1) is 0 Å². The summed E-state index contributed by atoms with van der Waals surface area (Å²) in [5.41, 5.74) is 0.640. The number of rotatable bonds is 2. The fraction of sp³-hybridized carbons (Fsp3) is 0.562. The van der Waals surface area contributed by atoms with Crippen molar-refractivity contribution in [1.29, 1.82) is 0 Å². The van der Waals surface area contributed by atoms with Crippen molar-refractivity contribution in [3.8, 4) is 0 Å². The topological polar surface area (TPSA) is 68.0 Å². The molecule has 0 aliphatic heterocycles. The van der Waals surface area contributed by atoms with Crippen LogP contribution in [0.5, 0.6) is 0 Å². The lowest BCUT2D eigenvalue weighted by atomic mass is 9.77. The summed E-state index contributed by atoms with van der Waals surface area (Å²) in [7, 11) is 0. The van der Waals surface area contributed by atoms with Gasteiger partial charge in [0.15, 0.2) is 0 Å². The van der Waals surface area contributed by atoms with Crippen LogP contribution in [0.2, 0.25) is 0 Å². The standard InChI is InChI=1S/C16H15F6N3O2/c1-7-12-2-8(6-23-14(12)27-25-7)13(26)24-11-4-9(15(17,18)19)3-10(5-11)16(20,21)22/h2,6,9-11H,3-5H2,1H3,(H,24,26). The molecule has 1 N–H and O–H groups in total. The van der Waals surface area contributed by atoms with E-state index in [0.717, 1.165) is 6.20 Å². The molecule has 0 aromatic carbocycles. The van der Waals surface area contributed by atoms with Crippen molar-refractivity contribution in [2.75, 3.05) is 0 Å². The second-order valence-electron chi connectivity index (χ2n) is 6.70. The molecular weight excluding hydrogens is 380 g/mol. The van der Waals surface area contributed by atoms with Crippen LogP contribution in [0.4, 0.5) is 26.3 Å². The van der Waals surface area contributed by atoms with Gasteiger partial charge in [0.2, 0.25) is 0 Å². The van der Waals surface area contributed by atoms with Crippen LogP contribution in [-0.4, -0.2) is 34.4 Å². The van der Waals surface area contributed by atoms with E-state index in [2.05, 4.69) is 15.5 Å². The summed E-state index contributed by atoms with van der Waals surface area (Å²) in [5.74, 6) is -5.04. The molecule has 27 heavy (non-hydrogen) atoms. The zero-order valence-corrected chi connectivity index (χ0v) is 14.0. The van der Waals surface area contributed by atoms with Gasteiger partial charge in [0.25, 0.3) is 11.6 Å². The fourth-order valence-electron chi connectivity index (χ4n) is 3.31. The molecule has 3 rings (SSSR count). The lowest BCUT2D eigenvalue weighted by Gasteiger charge is -2.36. The van der Waals surface area contributed by atoms with Crippen molar-refractivity contribution < 1.29 is 35.7 Å². The number of aryl methyl sites for hydroxylation is 1. The Hall–Kier alpha value is -2.33. The summed E-state index contributed by atoms with van der Waals surface area (Å²) in [5, 5.41) is 6.39. The number of carbonyl (C=O) groups is 1. The number of pyridine rings is 1. The normalized spacial score (nSPS) is 24.2. The van der Waals surface area contributed by atoms with Crippen molar-refractivity contribution in [2.45, 2.75) is 44.6 Å². The van der Waals surface area contributed by atoms with Crippen LogP contribution in [0, 0.1) is 18.8 Å². The predicted octanol–water partition coefficient (Wildman–Crippen LogP) is 4.17. The number of alkyl halides is 6. The molecule has 0 bridgehead atoms. The van der Waals surface area contributed by atoms with Crippen molar-refractivity contribution in [2.24, 2.45) is 11.8 Å². The second kappa shape index (κ2) is 6.68. The van der Waals surface area contributed by atoms with Gasteiger partial charge in [0.1, 0.15) is 0 Å². The number of nitrogens with one attached hydrogen (secondary N) is 1. The fourth-order valence-corrected chi connectivity index (χ4v) is 3.31. The first-order valence-corrected chi connectivity index (χ1v) is 8.11. The predicted molar refractivity (Wildman–Crippen MR) is 80.7 cm³/mol. The molecular formula is C16H15F6N3O2. The number of nitrogens with zero attached hydrogens (tertiary/aromatic N) is 2. The molecule has 1 aliphatic rings. The minimum absolute atomic E-state index is 0.00601. The third-order valence-electron chi connectivity index (χ3n) is 4.74. The Labute approximate surface area is 149 Å². The van der Waals surface area contributed by atoms with Crippen LogP contribution in [0.3, 0.4) is 0 Å². The van der Waals surface area contributed by atoms with Gasteiger partial charge in [-0.2, -0.15) is 26.3 Å². The SMILES string of the molecule is Cc1noc2ncc(C(=O)NC3CC(C(F)(F)F)CC(C(F)(F)F)C3)cc12. The molecule has 0 spiro atoms. The maximum Gasteiger partial charge on any atom is 0.391 e. The molecule has 0 saturated heterocycles. The molecule has 5 nitrogen and oxygen atoms in total. The molecule has 1 amide bonds. The lowest BCUT2D eigenvalue weighted by Crippen LogP contribution is -2.47. The van der Waals surface area contributed by atoms with Crippen LogP contribution >= 0.6 is 0 Å². The van der Waals surface area contributed by atoms with E-state index in [9.17, 15) is 31.1 Å². The maximum atomic E-state index is 13.0. The summed E-state index contributed by atoms with van der Waals surface area (Å²) in [6.45, 7) is 1.61. The summed E-state index contributed by atoms with van der Waals surface area (Å²) in [6, 6.07) is 0.137. The largest absolute Gasteiger partial charge is 0.391 e. The van der Waals surface area contributed by atoms with Gasteiger partial charge < -0.3 is 9.84 Å². The van der Waals surface area contributed by atoms with Gasteiger partial charge in [-0.1, -0.05) is 5.16 Å². The first-order valence-electron chi connectivity index (χ1n) is 8.11. The van der Waals surface area contributed by atoms with Gasteiger partial charge in [0.05, 0.1) is 28.5 Å². The number of hydrogen-bond acceptors (Lipinski definition) is 4. The minimum atomic E-state index is -4.76. The first kappa shape index (κ1) is 19.4. The third kappa shape index (κ3) is 4.16. The van der Waals surface area contributed by atoms with E-state index in [-0.39, 0.29) is 11.3 Å². The molecule has 11 heteroatoms. The Bertz CT molecular complexity index is 823. The van der Waals surface area contributed by atoms with E-state index in [1.54, 1.807) is 6.92 Å². The Morgan fingerprint density at radius 1 is 1.11 bits per heavy atom. The van der Waals surface area contributed by atoms with Crippen LogP contribution in [-0.2, 0) is 0 Å². The number of hydrogen-bond donors (Lipinski definition) is 1. The van der Waals surface area contributed by atoms with Crippen LogP contribution < -0.4 is 5.32 Å². The summed E-state index contributed by atoms with van der Waals surface area (Å²) < 4.78 is 83.0. The zero-order chi connectivity index (χ0) is 20.0. The molecule has 0 radical (unpaired) electrons. The quantitative estimate of drug-likeness (QED) is 0.775. The number of halogens is 6. The maximum absolute atomic E-state index is 13.0. The van der Waals surface area contributed by atoms with Gasteiger partial charge in [-0.25, -0.2) is 4.98 Å². The van der Waals surface area contributed by atoms with Crippen molar-refractivity contribution >= 4 is 17.0 Å². The van der Waals surface area contributed by atoms with E-state index in [1.165, 1.54) is 6.07 Å². The smallest absolute Gasteiger partial charge is 0.349 e. The summed E-state index contributed by atoms with van der Waals surface area (Å²) in [4.78, 5) is 16.2. The molecule has 2 heterocycles. The van der Waals surface area contributed by atoms with Gasteiger partial charge >= 0.3 is 12.4 Å². The molecule has 2 unspecified atom stereocenters. The lowest BCUT2D eigenvalue weighted by molar-refractivity contribution is -0.225. The molecule has 148 valence electrons. The monoisotopic (exact) mass is 395 g/mol. The van der Waals surface area contributed by atoms with Crippen molar-refractivity contribution in [3.05, 3.63) is 23.5 Å². The molecule has 2 atom stereocenters. The Kier molecular flexibility index (Phi) is 4.81. The highest BCUT2D eigenvalue weighted by atomic mass is 19.4. The van der Waals surface area contributed by atoms with Gasteiger partial charge in [-0.3, -0.25) is 4.79 Å². The van der Waals surface area contributed by atoms with E-state index in [4.69, 9.17) is 4.52 Å². The molecule has 2 aromatic rings.